The number of nitrogens with one attached hydrogen (secondary N) is 1. The van der Waals surface area contributed by atoms with Gasteiger partial charge in [0, 0.05) is 31.7 Å². The van der Waals surface area contributed by atoms with E-state index in [2.05, 4.69) is 9.97 Å². The second-order valence-electron chi connectivity index (χ2n) is 7.29. The lowest BCUT2D eigenvalue weighted by atomic mass is 10.1. The van der Waals surface area contributed by atoms with Gasteiger partial charge in [-0.05, 0) is 36.8 Å². The summed E-state index contributed by atoms with van der Waals surface area (Å²) in [5, 5.41) is 0. The summed E-state index contributed by atoms with van der Waals surface area (Å²) in [5.74, 6) is -0.243. The molecule has 0 atom stereocenters. The number of imidazole rings is 1. The third-order valence-electron chi connectivity index (χ3n) is 5.36. The van der Waals surface area contributed by atoms with Crippen LogP contribution >= 0.6 is 0 Å². The monoisotopic (exact) mass is 428 g/mol. The summed E-state index contributed by atoms with van der Waals surface area (Å²) in [6.07, 6.45) is -2.07. The average molecular weight is 428 g/mol. The third kappa shape index (κ3) is 4.21. The van der Waals surface area contributed by atoms with Crippen LogP contribution in [0.25, 0.3) is 11.0 Å². The summed E-state index contributed by atoms with van der Waals surface area (Å²) in [6.45, 7) is 1.79. The highest BCUT2D eigenvalue weighted by Gasteiger charge is 2.25. The van der Waals surface area contributed by atoms with Crippen molar-refractivity contribution in [1.29, 1.82) is 0 Å². The Hall–Kier alpha value is -3.49. The first-order chi connectivity index (χ1) is 15.0. The van der Waals surface area contributed by atoms with Crippen LogP contribution in [0.1, 0.15) is 39.4 Å². The van der Waals surface area contributed by atoms with E-state index in [1.165, 1.54) is 7.11 Å². The van der Waals surface area contributed by atoms with Gasteiger partial charge in [0.2, 0.25) is 0 Å². The van der Waals surface area contributed by atoms with Crippen LogP contribution in [0, 0.1) is 0 Å². The molecule has 1 aliphatic heterocycles. The molecule has 0 saturated carbocycles. The lowest BCUT2D eigenvalue weighted by Gasteiger charge is -2.23. The number of aromatic nitrogens is 2. The van der Waals surface area contributed by atoms with E-state index in [-0.39, 0.29) is 11.8 Å². The standard InChI is InChI=1S/C22H22F2N4O3/c1-31-18-6-3-2-5-15(18)22(30)28-10-4-9-27(11-12-28)21(29)14-7-8-16-17(13-14)26-20(25-16)19(23)24/h2-3,5-8,13,19H,4,9-12H2,1H3,(H,25,26). The van der Waals surface area contributed by atoms with Crippen molar-refractivity contribution in [2.75, 3.05) is 33.3 Å². The Labute approximate surface area is 177 Å². The Balaban J connectivity index is 1.47. The number of para-hydroxylation sites is 1. The molecule has 1 N–H and O–H groups in total. The summed E-state index contributed by atoms with van der Waals surface area (Å²) >= 11 is 0. The van der Waals surface area contributed by atoms with Crippen LogP contribution in [0.4, 0.5) is 8.78 Å². The fourth-order valence-corrected chi connectivity index (χ4v) is 3.76. The largest absolute Gasteiger partial charge is 0.496 e. The number of rotatable bonds is 4. The maximum absolute atomic E-state index is 13.0. The lowest BCUT2D eigenvalue weighted by Crippen LogP contribution is -2.37. The van der Waals surface area contributed by atoms with Gasteiger partial charge in [0.05, 0.1) is 23.7 Å². The average Bonchev–Trinajstić information content (AvgIpc) is 3.07. The normalized spacial score (nSPS) is 14.7. The molecular formula is C22H22F2N4O3. The molecule has 162 valence electrons. The molecular weight excluding hydrogens is 406 g/mol. The number of hydrogen-bond acceptors (Lipinski definition) is 4. The molecule has 1 aromatic heterocycles. The molecule has 7 nitrogen and oxygen atoms in total. The van der Waals surface area contributed by atoms with E-state index >= 15 is 0 Å². The number of benzene rings is 2. The molecule has 9 heteroatoms. The van der Waals surface area contributed by atoms with E-state index < -0.39 is 12.2 Å². The van der Waals surface area contributed by atoms with Crippen molar-refractivity contribution in [1.82, 2.24) is 19.8 Å². The number of hydrogen-bond donors (Lipinski definition) is 1. The van der Waals surface area contributed by atoms with Crippen LogP contribution < -0.4 is 4.74 Å². The first-order valence-corrected chi connectivity index (χ1v) is 9.97. The number of carbonyl (C=O) groups is 2. The van der Waals surface area contributed by atoms with Gasteiger partial charge in [-0.2, -0.15) is 0 Å². The Kier molecular flexibility index (Phi) is 5.83. The lowest BCUT2D eigenvalue weighted by molar-refractivity contribution is 0.0717. The Bertz CT molecular complexity index is 1120. The number of fused-ring (bicyclic) bond motifs is 1. The van der Waals surface area contributed by atoms with Gasteiger partial charge in [-0.15, -0.1) is 0 Å². The molecule has 0 radical (unpaired) electrons. The topological polar surface area (TPSA) is 78.5 Å². The zero-order valence-electron chi connectivity index (χ0n) is 17.0. The predicted octanol–water partition coefficient (Wildman–Crippen LogP) is 3.50. The van der Waals surface area contributed by atoms with Crippen molar-refractivity contribution in [3.05, 3.63) is 59.4 Å². The number of halogens is 2. The minimum absolute atomic E-state index is 0.134. The molecule has 0 unspecified atom stereocenters. The maximum atomic E-state index is 13.0. The molecule has 1 saturated heterocycles. The van der Waals surface area contributed by atoms with E-state index in [0.717, 1.165) is 0 Å². The molecule has 0 bridgehead atoms. The highest BCUT2D eigenvalue weighted by atomic mass is 19.3. The van der Waals surface area contributed by atoms with Crippen LogP contribution in [-0.2, 0) is 0 Å². The van der Waals surface area contributed by atoms with Crippen LogP contribution in [0.2, 0.25) is 0 Å². The molecule has 31 heavy (non-hydrogen) atoms. The summed E-state index contributed by atoms with van der Waals surface area (Å²) in [7, 11) is 1.52. The van der Waals surface area contributed by atoms with Crippen molar-refractivity contribution >= 4 is 22.8 Å². The number of H-pyrrole nitrogens is 1. The number of methoxy groups -OCH3 is 1. The third-order valence-corrected chi connectivity index (χ3v) is 5.36. The molecule has 0 aliphatic carbocycles. The minimum atomic E-state index is -2.70. The smallest absolute Gasteiger partial charge is 0.295 e. The van der Waals surface area contributed by atoms with E-state index in [0.29, 0.717) is 60.5 Å². The second kappa shape index (κ2) is 8.71. The van der Waals surface area contributed by atoms with Gasteiger partial charge < -0.3 is 19.5 Å². The van der Waals surface area contributed by atoms with Crippen LogP contribution in [0.3, 0.4) is 0 Å². The number of carbonyl (C=O) groups excluding carboxylic acids is 2. The van der Waals surface area contributed by atoms with Crippen LogP contribution in [0.15, 0.2) is 42.5 Å². The Morgan fingerprint density at radius 2 is 1.74 bits per heavy atom. The number of aromatic amines is 1. The molecule has 2 heterocycles. The van der Waals surface area contributed by atoms with Crippen molar-refractivity contribution in [2.24, 2.45) is 0 Å². The molecule has 1 fully saturated rings. The summed E-state index contributed by atoms with van der Waals surface area (Å²) < 4.78 is 31.0. The van der Waals surface area contributed by atoms with E-state index in [1.807, 2.05) is 0 Å². The molecule has 2 amide bonds. The SMILES string of the molecule is COc1ccccc1C(=O)N1CCCN(C(=O)c2ccc3nc(C(F)F)[nH]c3c2)CC1. The molecule has 3 aromatic rings. The Morgan fingerprint density at radius 3 is 2.45 bits per heavy atom. The van der Waals surface area contributed by atoms with Crippen molar-refractivity contribution in [2.45, 2.75) is 12.8 Å². The van der Waals surface area contributed by atoms with Crippen molar-refractivity contribution in [3.63, 3.8) is 0 Å². The zero-order valence-corrected chi connectivity index (χ0v) is 17.0. The maximum Gasteiger partial charge on any atom is 0.295 e. The van der Waals surface area contributed by atoms with Gasteiger partial charge in [0.15, 0.2) is 5.82 Å². The summed E-state index contributed by atoms with van der Waals surface area (Å²) in [6, 6.07) is 11.7. The molecule has 2 aromatic carbocycles. The van der Waals surface area contributed by atoms with Gasteiger partial charge in [-0.25, -0.2) is 13.8 Å². The van der Waals surface area contributed by atoms with Crippen molar-refractivity contribution < 1.29 is 23.1 Å². The van der Waals surface area contributed by atoms with E-state index in [4.69, 9.17) is 4.74 Å². The van der Waals surface area contributed by atoms with Gasteiger partial charge in [-0.3, -0.25) is 9.59 Å². The molecule has 0 spiro atoms. The first-order valence-electron chi connectivity index (χ1n) is 9.97. The number of alkyl halides is 2. The van der Waals surface area contributed by atoms with Gasteiger partial charge in [0.1, 0.15) is 5.75 Å². The minimum Gasteiger partial charge on any atom is -0.496 e. The molecule has 1 aliphatic rings. The van der Waals surface area contributed by atoms with Crippen LogP contribution in [-0.4, -0.2) is 64.9 Å². The fraction of sp³-hybridized carbons (Fsp3) is 0.318. The number of ether oxygens (including phenoxy) is 1. The summed E-state index contributed by atoms with van der Waals surface area (Å²) in [4.78, 5) is 35.7. The fourth-order valence-electron chi connectivity index (χ4n) is 3.76. The Morgan fingerprint density at radius 1 is 1.03 bits per heavy atom. The number of amides is 2. The highest BCUT2D eigenvalue weighted by molar-refractivity contribution is 5.98. The second-order valence-corrected chi connectivity index (χ2v) is 7.29. The van der Waals surface area contributed by atoms with E-state index in [1.54, 1.807) is 52.3 Å². The van der Waals surface area contributed by atoms with Gasteiger partial charge >= 0.3 is 0 Å². The van der Waals surface area contributed by atoms with Gasteiger partial charge in [0.25, 0.3) is 18.2 Å². The van der Waals surface area contributed by atoms with Crippen molar-refractivity contribution in [3.8, 4) is 5.75 Å². The van der Waals surface area contributed by atoms with Gasteiger partial charge in [-0.1, -0.05) is 12.1 Å². The van der Waals surface area contributed by atoms with Crippen LogP contribution in [0.5, 0.6) is 5.75 Å². The molecule has 4 rings (SSSR count). The zero-order chi connectivity index (χ0) is 22.0. The summed E-state index contributed by atoms with van der Waals surface area (Å²) in [5.41, 5.74) is 1.66. The predicted molar refractivity (Wildman–Crippen MR) is 110 cm³/mol. The highest BCUT2D eigenvalue weighted by Crippen LogP contribution is 2.23. The van der Waals surface area contributed by atoms with E-state index in [9.17, 15) is 18.4 Å². The quantitative estimate of drug-likeness (QED) is 0.690. The number of nitrogens with zero attached hydrogens (tertiary/aromatic N) is 3. The first kappa shape index (κ1) is 20.8.